The molecule has 0 aromatic heterocycles. The van der Waals surface area contributed by atoms with Crippen molar-refractivity contribution in [1.29, 1.82) is 0 Å². The molecule has 0 N–H and O–H groups in total. The summed E-state index contributed by atoms with van der Waals surface area (Å²) in [6, 6.07) is 13.9. The zero-order chi connectivity index (χ0) is 27.0. The van der Waals surface area contributed by atoms with Gasteiger partial charge in [0.2, 0.25) is 0 Å². The third-order valence-corrected chi connectivity index (χ3v) is 5.68. The fourth-order valence-corrected chi connectivity index (χ4v) is 3.55. The smallest absolute Gasteiger partial charge is 0.416 e. The molecular weight excluding hydrogens is 505 g/mol. The number of halogens is 4. The molecule has 0 saturated carbocycles. The van der Waals surface area contributed by atoms with Gasteiger partial charge in [0.25, 0.3) is 0 Å². The second-order valence-corrected chi connectivity index (χ2v) is 8.15. The molecule has 3 aromatic carbocycles. The number of rotatable bonds is 9. The van der Waals surface area contributed by atoms with Gasteiger partial charge in [-0.25, -0.2) is 0 Å². The van der Waals surface area contributed by atoms with Crippen molar-refractivity contribution in [3.8, 4) is 17.2 Å². The van der Waals surface area contributed by atoms with Crippen LogP contribution in [0.25, 0.3) is 24.3 Å². The van der Waals surface area contributed by atoms with Gasteiger partial charge in [-0.2, -0.15) is 13.2 Å². The fraction of sp³-hybridized carbons (Fsp3) is 0.138. The summed E-state index contributed by atoms with van der Waals surface area (Å²) in [6.07, 6.45) is 4.51. The maximum atomic E-state index is 13.0. The molecule has 8 heteroatoms. The van der Waals surface area contributed by atoms with Gasteiger partial charge >= 0.3 is 6.18 Å². The Bertz CT molecular complexity index is 1340. The van der Waals surface area contributed by atoms with E-state index in [1.165, 1.54) is 26.4 Å². The van der Waals surface area contributed by atoms with E-state index in [9.17, 15) is 18.0 Å². The van der Waals surface area contributed by atoms with Crippen molar-refractivity contribution in [2.45, 2.75) is 6.18 Å². The molecule has 3 aromatic rings. The molecule has 37 heavy (non-hydrogen) atoms. The topological polar surface area (TPSA) is 44.8 Å². The Balaban J connectivity index is 1.90. The van der Waals surface area contributed by atoms with E-state index in [4.69, 9.17) is 25.8 Å². The highest BCUT2D eigenvalue weighted by molar-refractivity contribution is 6.32. The number of ether oxygens (including phenoxy) is 3. The molecular formula is C29H24ClF3O4. The lowest BCUT2D eigenvalue weighted by Gasteiger charge is -2.11. The van der Waals surface area contributed by atoms with Gasteiger partial charge in [-0.15, -0.1) is 0 Å². The first kappa shape index (κ1) is 27.6. The van der Waals surface area contributed by atoms with Gasteiger partial charge in [-0.05, 0) is 77.4 Å². The van der Waals surface area contributed by atoms with Crippen molar-refractivity contribution < 1.29 is 32.2 Å². The molecule has 0 aliphatic rings. The SMILES string of the molecule is COc1ccc(/C=C/c2cc(OC)cc(OC)c2/C=C/C(=O)/C=C/c2cc(C(F)(F)F)ccc2Cl)cc1. The number of carbonyl (C=O) groups excluding carboxylic acids is 1. The first-order chi connectivity index (χ1) is 17.6. The second-order valence-electron chi connectivity index (χ2n) is 7.74. The van der Waals surface area contributed by atoms with Crippen LogP contribution in [0.15, 0.2) is 66.7 Å². The van der Waals surface area contributed by atoms with Crippen LogP contribution in [0.3, 0.4) is 0 Å². The highest BCUT2D eigenvalue weighted by atomic mass is 35.5. The zero-order valence-electron chi connectivity index (χ0n) is 20.3. The van der Waals surface area contributed by atoms with E-state index in [-0.39, 0.29) is 10.6 Å². The highest BCUT2D eigenvalue weighted by Gasteiger charge is 2.30. The summed E-state index contributed by atoms with van der Waals surface area (Å²) >= 11 is 6.00. The lowest BCUT2D eigenvalue weighted by atomic mass is 10.0. The summed E-state index contributed by atoms with van der Waals surface area (Å²) in [5.41, 5.74) is 1.50. The summed E-state index contributed by atoms with van der Waals surface area (Å²) < 4.78 is 55.0. The van der Waals surface area contributed by atoms with Crippen molar-refractivity contribution in [3.63, 3.8) is 0 Å². The van der Waals surface area contributed by atoms with Crippen LogP contribution in [0.4, 0.5) is 13.2 Å². The quantitative estimate of drug-likeness (QED) is 0.209. The first-order valence-corrected chi connectivity index (χ1v) is 11.4. The minimum Gasteiger partial charge on any atom is -0.497 e. The lowest BCUT2D eigenvalue weighted by Crippen LogP contribution is -2.04. The molecule has 0 radical (unpaired) electrons. The van der Waals surface area contributed by atoms with Crippen LogP contribution in [0.2, 0.25) is 5.02 Å². The summed E-state index contributed by atoms with van der Waals surface area (Å²) in [5, 5.41) is 0.101. The lowest BCUT2D eigenvalue weighted by molar-refractivity contribution is -0.137. The largest absolute Gasteiger partial charge is 0.497 e. The highest BCUT2D eigenvalue weighted by Crippen LogP contribution is 2.33. The van der Waals surface area contributed by atoms with Crippen molar-refractivity contribution in [3.05, 3.63) is 99.6 Å². The van der Waals surface area contributed by atoms with E-state index in [0.29, 0.717) is 17.1 Å². The standard InChI is InChI=1S/C29H24ClF3O4/c1-35-24-12-5-19(6-13-24)4-7-20-17-25(36-2)18-28(37-3)26(20)14-11-23(34)10-8-21-16-22(29(31,32)33)9-15-27(21)30/h4-18H,1-3H3/b7-4+,10-8+,14-11+. The zero-order valence-corrected chi connectivity index (χ0v) is 21.1. The van der Waals surface area contributed by atoms with Gasteiger partial charge < -0.3 is 14.2 Å². The van der Waals surface area contributed by atoms with Crippen LogP contribution in [0.5, 0.6) is 17.2 Å². The predicted molar refractivity (Wildman–Crippen MR) is 141 cm³/mol. The normalized spacial score (nSPS) is 12.0. The summed E-state index contributed by atoms with van der Waals surface area (Å²) in [4.78, 5) is 12.5. The Hall–Kier alpha value is -3.97. The van der Waals surface area contributed by atoms with E-state index in [0.717, 1.165) is 41.2 Å². The molecule has 0 amide bonds. The molecule has 0 saturated heterocycles. The molecule has 0 heterocycles. The van der Waals surface area contributed by atoms with Crippen molar-refractivity contribution in [1.82, 2.24) is 0 Å². The number of alkyl halides is 3. The van der Waals surface area contributed by atoms with Gasteiger partial charge in [0.1, 0.15) is 17.2 Å². The fourth-order valence-electron chi connectivity index (χ4n) is 3.37. The number of benzene rings is 3. The van der Waals surface area contributed by atoms with E-state index in [1.807, 2.05) is 36.4 Å². The molecule has 4 nitrogen and oxygen atoms in total. The number of carbonyl (C=O) groups is 1. The van der Waals surface area contributed by atoms with Crippen molar-refractivity contribution >= 4 is 41.7 Å². The molecule has 0 bridgehead atoms. The van der Waals surface area contributed by atoms with Crippen molar-refractivity contribution in [2.24, 2.45) is 0 Å². The maximum Gasteiger partial charge on any atom is 0.416 e. The van der Waals surface area contributed by atoms with Gasteiger partial charge in [-0.1, -0.05) is 35.9 Å². The molecule has 192 valence electrons. The predicted octanol–water partition coefficient (Wildman–Crippen LogP) is 7.85. The summed E-state index contributed by atoms with van der Waals surface area (Å²) in [7, 11) is 4.63. The average molecular weight is 529 g/mol. The van der Waals surface area contributed by atoms with E-state index >= 15 is 0 Å². The van der Waals surface area contributed by atoms with Crippen LogP contribution < -0.4 is 14.2 Å². The Morgan fingerprint density at radius 1 is 0.757 bits per heavy atom. The maximum absolute atomic E-state index is 13.0. The second kappa shape index (κ2) is 12.3. The van der Waals surface area contributed by atoms with Gasteiger partial charge in [-0.3, -0.25) is 4.79 Å². The van der Waals surface area contributed by atoms with Crippen LogP contribution in [0, 0.1) is 0 Å². The first-order valence-electron chi connectivity index (χ1n) is 11.0. The van der Waals surface area contributed by atoms with Crippen LogP contribution in [-0.2, 0) is 11.0 Å². The van der Waals surface area contributed by atoms with E-state index < -0.39 is 17.5 Å². The molecule has 0 spiro atoms. The Labute approximate surface area is 218 Å². The number of hydrogen-bond donors (Lipinski definition) is 0. The van der Waals surface area contributed by atoms with Gasteiger partial charge in [0.05, 0.1) is 26.9 Å². The molecule has 0 aliphatic heterocycles. The van der Waals surface area contributed by atoms with E-state index in [1.54, 1.807) is 25.3 Å². The third kappa shape index (κ3) is 7.51. The minimum absolute atomic E-state index is 0.0865. The third-order valence-electron chi connectivity index (χ3n) is 5.34. The van der Waals surface area contributed by atoms with Gasteiger partial charge in [0.15, 0.2) is 5.78 Å². The monoisotopic (exact) mass is 528 g/mol. The molecule has 0 aliphatic carbocycles. The van der Waals surface area contributed by atoms with Crippen molar-refractivity contribution in [2.75, 3.05) is 21.3 Å². The van der Waals surface area contributed by atoms with E-state index in [2.05, 4.69) is 0 Å². The van der Waals surface area contributed by atoms with Gasteiger partial charge in [0, 0.05) is 16.7 Å². The summed E-state index contributed by atoms with van der Waals surface area (Å²) in [5.74, 6) is 1.33. The Morgan fingerprint density at radius 2 is 1.43 bits per heavy atom. The van der Waals surface area contributed by atoms with Crippen LogP contribution >= 0.6 is 11.6 Å². The molecule has 0 fully saturated rings. The minimum atomic E-state index is -4.52. The molecule has 0 unspecified atom stereocenters. The van der Waals surface area contributed by atoms with Crippen LogP contribution in [-0.4, -0.2) is 27.1 Å². The Morgan fingerprint density at radius 3 is 2.05 bits per heavy atom. The summed E-state index contributed by atoms with van der Waals surface area (Å²) in [6.45, 7) is 0. The molecule has 0 atom stereocenters. The number of hydrogen-bond acceptors (Lipinski definition) is 4. The number of allylic oxidation sites excluding steroid dienone is 2. The Kier molecular flexibility index (Phi) is 9.20. The average Bonchev–Trinajstić information content (AvgIpc) is 2.89. The van der Waals surface area contributed by atoms with Crippen LogP contribution in [0.1, 0.15) is 27.8 Å². The number of ketones is 1. The molecule has 3 rings (SSSR count). The number of methoxy groups -OCH3 is 3.